The predicted molar refractivity (Wildman–Crippen MR) is 117 cm³/mol. The minimum absolute atomic E-state index is 0.00932. The summed E-state index contributed by atoms with van der Waals surface area (Å²) >= 11 is 0. The van der Waals surface area contributed by atoms with Gasteiger partial charge in [-0.3, -0.25) is 4.79 Å². The maximum Gasteiger partial charge on any atom is 0.303 e. The van der Waals surface area contributed by atoms with Gasteiger partial charge in [0, 0.05) is 12.3 Å². The highest BCUT2D eigenvalue weighted by atomic mass is 16.4. The lowest BCUT2D eigenvalue weighted by Crippen LogP contribution is -2.19. The summed E-state index contributed by atoms with van der Waals surface area (Å²) in [5.74, 6) is -0.907. The van der Waals surface area contributed by atoms with E-state index < -0.39 is 12.1 Å². The first-order valence-corrected chi connectivity index (χ1v) is 10.4. The first-order valence-electron chi connectivity index (χ1n) is 10.4. The molecule has 3 unspecified atom stereocenters. The Bertz CT molecular complexity index is 529. The van der Waals surface area contributed by atoms with E-state index in [2.05, 4.69) is 6.92 Å². The Morgan fingerprint density at radius 3 is 2.14 bits per heavy atom. The SMILES string of the molecule is CCCCCC(O)/C=C/C=C\C\C=C/C=C/C=C/C(CC)C(O)CCC(=O)O. The number of aliphatic hydroxyl groups excluding tert-OH is 2. The van der Waals surface area contributed by atoms with Crippen LogP contribution in [0.25, 0.3) is 0 Å². The highest BCUT2D eigenvalue weighted by molar-refractivity contribution is 5.66. The molecule has 3 atom stereocenters. The van der Waals surface area contributed by atoms with Crippen LogP contribution in [-0.4, -0.2) is 33.5 Å². The largest absolute Gasteiger partial charge is 0.481 e. The zero-order chi connectivity index (χ0) is 21.0. The van der Waals surface area contributed by atoms with E-state index in [1.807, 2.05) is 67.7 Å². The topological polar surface area (TPSA) is 77.8 Å². The van der Waals surface area contributed by atoms with Crippen molar-refractivity contribution in [2.24, 2.45) is 5.92 Å². The third-order valence-corrected chi connectivity index (χ3v) is 4.40. The van der Waals surface area contributed by atoms with E-state index in [9.17, 15) is 15.0 Å². The summed E-state index contributed by atoms with van der Waals surface area (Å²) in [5.41, 5.74) is 0. The molecule has 0 saturated heterocycles. The molecule has 0 spiro atoms. The van der Waals surface area contributed by atoms with Gasteiger partial charge in [0.15, 0.2) is 0 Å². The van der Waals surface area contributed by atoms with Gasteiger partial charge in [0.2, 0.25) is 0 Å². The molecular formula is C24H38O4. The summed E-state index contributed by atoms with van der Waals surface area (Å²) in [6.07, 6.45) is 24.4. The fourth-order valence-electron chi connectivity index (χ4n) is 2.64. The lowest BCUT2D eigenvalue weighted by Gasteiger charge is -2.17. The summed E-state index contributed by atoms with van der Waals surface area (Å²) in [6.45, 7) is 4.13. The molecule has 28 heavy (non-hydrogen) atoms. The molecule has 0 radical (unpaired) electrons. The van der Waals surface area contributed by atoms with E-state index in [4.69, 9.17) is 5.11 Å². The van der Waals surface area contributed by atoms with Crippen molar-refractivity contribution >= 4 is 5.97 Å². The number of carbonyl (C=O) groups is 1. The molecule has 0 aliphatic carbocycles. The third kappa shape index (κ3) is 16.3. The highest BCUT2D eigenvalue weighted by Gasteiger charge is 2.15. The predicted octanol–water partition coefficient (Wildman–Crippen LogP) is 5.35. The number of hydrogen-bond donors (Lipinski definition) is 3. The molecule has 0 aromatic heterocycles. The second kappa shape index (κ2) is 18.5. The molecule has 0 aromatic rings. The van der Waals surface area contributed by atoms with Crippen LogP contribution in [0.3, 0.4) is 0 Å². The number of carboxylic acid groups (broad SMARTS) is 1. The van der Waals surface area contributed by atoms with Gasteiger partial charge in [-0.15, -0.1) is 0 Å². The Balaban J connectivity index is 4.06. The number of allylic oxidation sites excluding steroid dienone is 8. The number of unbranched alkanes of at least 4 members (excludes halogenated alkanes) is 2. The first kappa shape index (κ1) is 26.1. The number of hydrogen-bond acceptors (Lipinski definition) is 3. The van der Waals surface area contributed by atoms with Crippen molar-refractivity contribution in [1.29, 1.82) is 0 Å². The van der Waals surface area contributed by atoms with Gasteiger partial charge in [0.1, 0.15) is 0 Å². The molecule has 0 amide bonds. The molecule has 0 bridgehead atoms. The van der Waals surface area contributed by atoms with Crippen LogP contribution in [0.4, 0.5) is 0 Å². The van der Waals surface area contributed by atoms with E-state index in [1.165, 1.54) is 12.8 Å². The van der Waals surface area contributed by atoms with Crippen molar-refractivity contribution < 1.29 is 20.1 Å². The average molecular weight is 391 g/mol. The van der Waals surface area contributed by atoms with E-state index in [1.54, 1.807) is 0 Å². The van der Waals surface area contributed by atoms with Gasteiger partial charge in [0.05, 0.1) is 12.2 Å². The molecule has 0 aliphatic heterocycles. The van der Waals surface area contributed by atoms with Crippen LogP contribution in [0, 0.1) is 5.92 Å². The van der Waals surface area contributed by atoms with Crippen LogP contribution in [0.15, 0.2) is 60.8 Å². The molecule has 3 N–H and O–H groups in total. The normalized spacial score (nSPS) is 16.1. The Kier molecular flexibility index (Phi) is 17.2. The van der Waals surface area contributed by atoms with Gasteiger partial charge >= 0.3 is 5.97 Å². The molecule has 0 saturated carbocycles. The number of carboxylic acids is 1. The van der Waals surface area contributed by atoms with Gasteiger partial charge in [-0.25, -0.2) is 0 Å². The summed E-state index contributed by atoms with van der Waals surface area (Å²) in [7, 11) is 0. The molecular weight excluding hydrogens is 352 g/mol. The quantitative estimate of drug-likeness (QED) is 0.245. The van der Waals surface area contributed by atoms with Crippen molar-refractivity contribution in [2.75, 3.05) is 0 Å². The molecule has 4 heteroatoms. The van der Waals surface area contributed by atoms with Gasteiger partial charge in [-0.1, -0.05) is 93.9 Å². The zero-order valence-electron chi connectivity index (χ0n) is 17.4. The van der Waals surface area contributed by atoms with Crippen molar-refractivity contribution in [2.45, 2.75) is 77.4 Å². The van der Waals surface area contributed by atoms with E-state index in [0.717, 1.165) is 25.7 Å². The lowest BCUT2D eigenvalue weighted by molar-refractivity contribution is -0.137. The van der Waals surface area contributed by atoms with Gasteiger partial charge in [-0.05, 0) is 25.7 Å². The van der Waals surface area contributed by atoms with Crippen LogP contribution >= 0.6 is 0 Å². The fraction of sp³-hybridized carbons (Fsp3) is 0.542. The number of rotatable bonds is 16. The molecule has 0 rings (SSSR count). The van der Waals surface area contributed by atoms with Crippen molar-refractivity contribution in [3.63, 3.8) is 0 Å². The fourth-order valence-corrected chi connectivity index (χ4v) is 2.64. The minimum Gasteiger partial charge on any atom is -0.481 e. The number of aliphatic carboxylic acids is 1. The molecule has 4 nitrogen and oxygen atoms in total. The summed E-state index contributed by atoms with van der Waals surface area (Å²) < 4.78 is 0. The Labute approximate surface area is 170 Å². The van der Waals surface area contributed by atoms with Crippen LogP contribution in [0.5, 0.6) is 0 Å². The standard InChI is InChI=1S/C24H38O4/c1-3-5-13-17-22(25)18-15-12-10-8-6-7-9-11-14-16-21(4-2)23(26)19-20-24(27)28/h6-7,9-12,14-16,18,21-23,25-26H,3-5,8,13,17,19-20H2,1-2H3,(H,27,28)/b7-6-,11-9+,12-10-,16-14+,18-15+. The maximum atomic E-state index is 10.6. The van der Waals surface area contributed by atoms with E-state index >= 15 is 0 Å². The Morgan fingerprint density at radius 2 is 1.50 bits per heavy atom. The first-order chi connectivity index (χ1) is 13.5. The van der Waals surface area contributed by atoms with Crippen LogP contribution in [-0.2, 0) is 4.79 Å². The second-order valence-electron chi connectivity index (χ2n) is 6.88. The van der Waals surface area contributed by atoms with Crippen LogP contribution in [0.1, 0.15) is 65.2 Å². The zero-order valence-corrected chi connectivity index (χ0v) is 17.4. The minimum atomic E-state index is -0.879. The molecule has 0 aliphatic rings. The van der Waals surface area contributed by atoms with E-state index in [0.29, 0.717) is 0 Å². The monoisotopic (exact) mass is 390 g/mol. The number of aliphatic hydroxyl groups is 2. The average Bonchev–Trinajstić information content (AvgIpc) is 2.67. The smallest absolute Gasteiger partial charge is 0.303 e. The molecule has 0 heterocycles. The van der Waals surface area contributed by atoms with Crippen molar-refractivity contribution in [3.05, 3.63) is 60.8 Å². The Hall–Kier alpha value is -1.91. The Morgan fingerprint density at radius 1 is 0.857 bits per heavy atom. The van der Waals surface area contributed by atoms with Gasteiger partial charge in [0.25, 0.3) is 0 Å². The van der Waals surface area contributed by atoms with Crippen molar-refractivity contribution in [3.8, 4) is 0 Å². The molecule has 0 aromatic carbocycles. The second-order valence-corrected chi connectivity index (χ2v) is 6.88. The van der Waals surface area contributed by atoms with Crippen molar-refractivity contribution in [1.82, 2.24) is 0 Å². The summed E-state index contributed by atoms with van der Waals surface area (Å²) in [6, 6.07) is 0. The van der Waals surface area contributed by atoms with E-state index in [-0.39, 0.29) is 24.9 Å². The lowest BCUT2D eigenvalue weighted by atomic mass is 9.95. The summed E-state index contributed by atoms with van der Waals surface area (Å²) in [5, 5.41) is 28.4. The van der Waals surface area contributed by atoms with Crippen LogP contribution < -0.4 is 0 Å². The maximum absolute atomic E-state index is 10.6. The summed E-state index contributed by atoms with van der Waals surface area (Å²) in [4.78, 5) is 10.6. The van der Waals surface area contributed by atoms with Crippen LogP contribution in [0.2, 0.25) is 0 Å². The van der Waals surface area contributed by atoms with Gasteiger partial charge in [-0.2, -0.15) is 0 Å². The third-order valence-electron chi connectivity index (χ3n) is 4.40. The molecule has 0 fully saturated rings. The highest BCUT2D eigenvalue weighted by Crippen LogP contribution is 2.15. The molecule has 158 valence electrons. The van der Waals surface area contributed by atoms with Gasteiger partial charge < -0.3 is 15.3 Å².